The standard InChI is InChI=1S/C26H27FN2/c27-25-12-6-2-8-21(25)19-28-15-17-29(18-16-28)26-14-13-20-7-1-3-9-22(20)23-10-4-5-11-24(23)26/h1-2,4-8,10-14,26H,3,9,15-19H2. The summed E-state index contributed by atoms with van der Waals surface area (Å²) in [5.41, 5.74) is 6.48. The molecule has 1 heterocycles. The molecule has 1 atom stereocenters. The number of benzene rings is 2. The number of fused-ring (bicyclic) bond motifs is 2. The number of rotatable bonds is 3. The Labute approximate surface area is 172 Å². The first-order valence-corrected chi connectivity index (χ1v) is 10.7. The maximum absolute atomic E-state index is 14.0. The Morgan fingerprint density at radius 1 is 0.897 bits per heavy atom. The van der Waals surface area contributed by atoms with E-state index in [9.17, 15) is 4.39 Å². The summed E-state index contributed by atoms with van der Waals surface area (Å²) in [4.78, 5) is 4.95. The van der Waals surface area contributed by atoms with Gasteiger partial charge in [-0.05, 0) is 41.2 Å². The largest absolute Gasteiger partial charge is 0.296 e. The van der Waals surface area contributed by atoms with Crippen molar-refractivity contribution < 1.29 is 4.39 Å². The maximum Gasteiger partial charge on any atom is 0.127 e. The van der Waals surface area contributed by atoms with Crippen molar-refractivity contribution in [1.29, 1.82) is 0 Å². The fourth-order valence-electron chi connectivity index (χ4n) is 4.84. The quantitative estimate of drug-likeness (QED) is 0.701. The molecular weight excluding hydrogens is 359 g/mol. The highest BCUT2D eigenvalue weighted by molar-refractivity contribution is 5.78. The third kappa shape index (κ3) is 3.73. The van der Waals surface area contributed by atoms with Crippen molar-refractivity contribution >= 4 is 5.57 Å². The number of halogens is 1. The van der Waals surface area contributed by atoms with Crippen LogP contribution in [0, 0.1) is 5.82 Å². The number of hydrogen-bond donors (Lipinski definition) is 0. The summed E-state index contributed by atoms with van der Waals surface area (Å²) in [5, 5.41) is 0. The Hall–Kier alpha value is -2.49. The Balaban J connectivity index is 1.34. The van der Waals surface area contributed by atoms with E-state index in [-0.39, 0.29) is 5.82 Å². The molecule has 3 aliphatic rings. The number of hydrogen-bond acceptors (Lipinski definition) is 2. The third-order valence-corrected chi connectivity index (χ3v) is 6.42. The zero-order valence-electron chi connectivity index (χ0n) is 16.7. The first kappa shape index (κ1) is 18.5. The minimum absolute atomic E-state index is 0.0970. The van der Waals surface area contributed by atoms with Crippen LogP contribution in [0.25, 0.3) is 5.57 Å². The van der Waals surface area contributed by atoms with Gasteiger partial charge in [-0.25, -0.2) is 4.39 Å². The van der Waals surface area contributed by atoms with Crippen molar-refractivity contribution in [1.82, 2.24) is 9.80 Å². The molecule has 2 aromatic carbocycles. The molecule has 0 amide bonds. The van der Waals surface area contributed by atoms with Crippen LogP contribution in [0.2, 0.25) is 0 Å². The van der Waals surface area contributed by atoms with Gasteiger partial charge in [-0.2, -0.15) is 0 Å². The average molecular weight is 387 g/mol. The van der Waals surface area contributed by atoms with Crippen molar-refractivity contribution in [2.75, 3.05) is 26.2 Å². The van der Waals surface area contributed by atoms with Crippen LogP contribution in [0.3, 0.4) is 0 Å². The van der Waals surface area contributed by atoms with Crippen LogP contribution in [0.15, 0.2) is 78.4 Å². The van der Waals surface area contributed by atoms with E-state index in [0.717, 1.165) is 44.6 Å². The molecule has 148 valence electrons. The number of piperazine rings is 1. The van der Waals surface area contributed by atoms with Gasteiger partial charge in [0.15, 0.2) is 0 Å². The zero-order valence-corrected chi connectivity index (χ0v) is 16.7. The van der Waals surface area contributed by atoms with E-state index in [2.05, 4.69) is 58.4 Å². The molecule has 1 saturated heterocycles. The Kier molecular flexibility index (Phi) is 5.17. The lowest BCUT2D eigenvalue weighted by Gasteiger charge is -2.39. The van der Waals surface area contributed by atoms with Crippen LogP contribution >= 0.6 is 0 Å². The van der Waals surface area contributed by atoms with Gasteiger partial charge in [0.05, 0.1) is 6.04 Å². The Bertz CT molecular complexity index is 980. The molecule has 1 aliphatic heterocycles. The average Bonchev–Trinajstić information content (AvgIpc) is 2.93. The van der Waals surface area contributed by atoms with Gasteiger partial charge in [-0.1, -0.05) is 66.8 Å². The smallest absolute Gasteiger partial charge is 0.127 e. The predicted molar refractivity (Wildman–Crippen MR) is 117 cm³/mol. The summed E-state index contributed by atoms with van der Waals surface area (Å²) < 4.78 is 14.0. The van der Waals surface area contributed by atoms with E-state index >= 15 is 0 Å². The van der Waals surface area contributed by atoms with Crippen LogP contribution in [-0.4, -0.2) is 36.0 Å². The monoisotopic (exact) mass is 386 g/mol. The molecule has 0 aromatic heterocycles. The second-order valence-electron chi connectivity index (χ2n) is 8.17. The van der Waals surface area contributed by atoms with Gasteiger partial charge < -0.3 is 0 Å². The SMILES string of the molecule is Fc1ccccc1CN1CCN(C2C=CC3=C(CCC=C3)c3ccccc32)CC1. The first-order valence-electron chi connectivity index (χ1n) is 10.7. The Morgan fingerprint density at radius 3 is 2.55 bits per heavy atom. The molecular formula is C26H27FN2. The van der Waals surface area contributed by atoms with E-state index in [1.54, 1.807) is 12.1 Å². The minimum atomic E-state index is -0.0970. The van der Waals surface area contributed by atoms with Crippen molar-refractivity contribution in [3.63, 3.8) is 0 Å². The van der Waals surface area contributed by atoms with E-state index in [1.165, 1.54) is 22.3 Å². The highest BCUT2D eigenvalue weighted by Crippen LogP contribution is 2.39. The zero-order chi connectivity index (χ0) is 19.6. The van der Waals surface area contributed by atoms with Gasteiger partial charge in [0, 0.05) is 38.3 Å². The summed E-state index contributed by atoms with van der Waals surface area (Å²) in [7, 11) is 0. The second-order valence-corrected chi connectivity index (χ2v) is 8.17. The van der Waals surface area contributed by atoms with Gasteiger partial charge >= 0.3 is 0 Å². The molecule has 0 saturated carbocycles. The molecule has 2 aromatic rings. The lowest BCUT2D eigenvalue weighted by atomic mass is 9.89. The number of allylic oxidation sites excluding steroid dienone is 5. The summed E-state index contributed by atoms with van der Waals surface area (Å²) in [6.45, 7) is 4.62. The minimum Gasteiger partial charge on any atom is -0.296 e. The fraction of sp³-hybridized carbons (Fsp3) is 0.308. The van der Waals surface area contributed by atoms with Gasteiger partial charge in [-0.15, -0.1) is 0 Å². The second kappa shape index (κ2) is 8.10. The van der Waals surface area contributed by atoms with Gasteiger partial charge in [0.1, 0.15) is 5.82 Å². The van der Waals surface area contributed by atoms with Crippen molar-refractivity contribution in [3.8, 4) is 0 Å². The maximum atomic E-state index is 14.0. The van der Waals surface area contributed by atoms with E-state index in [4.69, 9.17) is 0 Å². The highest BCUT2D eigenvalue weighted by atomic mass is 19.1. The lowest BCUT2D eigenvalue weighted by molar-refractivity contribution is 0.106. The Morgan fingerprint density at radius 2 is 1.69 bits per heavy atom. The van der Waals surface area contributed by atoms with Gasteiger partial charge in [0.25, 0.3) is 0 Å². The highest BCUT2D eigenvalue weighted by Gasteiger charge is 2.28. The van der Waals surface area contributed by atoms with Crippen LogP contribution < -0.4 is 0 Å². The molecule has 1 unspecified atom stereocenters. The van der Waals surface area contributed by atoms with Crippen LogP contribution in [0.4, 0.5) is 4.39 Å². The topological polar surface area (TPSA) is 6.48 Å². The molecule has 1 fully saturated rings. The van der Waals surface area contributed by atoms with Crippen LogP contribution in [0.5, 0.6) is 0 Å². The molecule has 0 spiro atoms. The van der Waals surface area contributed by atoms with Crippen LogP contribution in [-0.2, 0) is 6.54 Å². The third-order valence-electron chi connectivity index (χ3n) is 6.42. The van der Waals surface area contributed by atoms with Crippen LogP contribution in [0.1, 0.15) is 35.6 Å². The molecule has 0 N–H and O–H groups in total. The molecule has 2 nitrogen and oxygen atoms in total. The fourth-order valence-corrected chi connectivity index (χ4v) is 4.84. The van der Waals surface area contributed by atoms with Crippen molar-refractivity contribution in [2.24, 2.45) is 0 Å². The molecule has 29 heavy (non-hydrogen) atoms. The summed E-state index contributed by atoms with van der Waals surface area (Å²) in [6, 6.07) is 16.4. The van der Waals surface area contributed by atoms with E-state index in [0.29, 0.717) is 12.6 Å². The summed E-state index contributed by atoms with van der Waals surface area (Å²) in [6.07, 6.45) is 11.5. The predicted octanol–water partition coefficient (Wildman–Crippen LogP) is 5.36. The van der Waals surface area contributed by atoms with Gasteiger partial charge in [0.2, 0.25) is 0 Å². The molecule has 2 aliphatic carbocycles. The molecule has 0 bridgehead atoms. The first-order chi connectivity index (χ1) is 14.3. The summed E-state index contributed by atoms with van der Waals surface area (Å²) in [5.74, 6) is -0.0970. The molecule has 0 radical (unpaired) electrons. The van der Waals surface area contributed by atoms with E-state index in [1.807, 2.05) is 12.1 Å². The van der Waals surface area contributed by atoms with Crippen molar-refractivity contribution in [2.45, 2.75) is 25.4 Å². The van der Waals surface area contributed by atoms with E-state index < -0.39 is 0 Å². The lowest BCUT2D eigenvalue weighted by Crippen LogP contribution is -2.47. The normalized spacial score (nSPS) is 22.3. The van der Waals surface area contributed by atoms with Crippen molar-refractivity contribution in [3.05, 3.63) is 101 Å². The molecule has 3 heteroatoms. The molecule has 5 rings (SSSR count). The number of nitrogens with zero attached hydrogens (tertiary/aromatic N) is 2. The summed E-state index contributed by atoms with van der Waals surface area (Å²) >= 11 is 0. The van der Waals surface area contributed by atoms with Gasteiger partial charge in [-0.3, -0.25) is 9.80 Å².